The minimum atomic E-state index is -0.0955. The number of benzene rings is 3. The summed E-state index contributed by atoms with van der Waals surface area (Å²) in [6.07, 6.45) is 2.49. The van der Waals surface area contributed by atoms with Gasteiger partial charge in [0.15, 0.2) is 5.13 Å². The second kappa shape index (κ2) is 8.71. The number of hydrogen-bond donors (Lipinski definition) is 2. The molecule has 0 bridgehead atoms. The smallest absolute Gasteiger partial charge is 0.184 e. The lowest BCUT2D eigenvalue weighted by Gasteiger charge is -2.15. The summed E-state index contributed by atoms with van der Waals surface area (Å²) in [6, 6.07) is 25.7. The van der Waals surface area contributed by atoms with Gasteiger partial charge in [0.25, 0.3) is 0 Å². The Hall–Kier alpha value is -3.48. The quantitative estimate of drug-likeness (QED) is 0.351. The molecule has 5 rings (SSSR count). The lowest BCUT2D eigenvalue weighted by atomic mass is 10.1. The van der Waals surface area contributed by atoms with Gasteiger partial charge in [0.2, 0.25) is 0 Å². The molecule has 0 aliphatic rings. The fraction of sp³-hybridized carbons (Fsp3) is 0.120. The van der Waals surface area contributed by atoms with Crippen LogP contribution in [0.15, 0.2) is 85.1 Å². The van der Waals surface area contributed by atoms with Crippen LogP contribution < -0.4 is 10.1 Å². The van der Waals surface area contributed by atoms with Crippen LogP contribution in [0.4, 0.5) is 5.13 Å². The molecule has 6 heteroatoms. The van der Waals surface area contributed by atoms with Crippen molar-refractivity contribution in [1.82, 2.24) is 9.97 Å². The van der Waals surface area contributed by atoms with Crippen LogP contribution in [0.25, 0.3) is 21.1 Å². The van der Waals surface area contributed by atoms with Crippen LogP contribution in [0.2, 0.25) is 0 Å². The first-order valence-electron chi connectivity index (χ1n) is 10.1. The molecule has 0 radical (unpaired) electrons. The molecular formula is C25H21N3O2S. The maximum atomic E-state index is 9.81. The van der Waals surface area contributed by atoms with Gasteiger partial charge in [0.1, 0.15) is 11.5 Å². The number of fused-ring (bicyclic) bond motifs is 2. The van der Waals surface area contributed by atoms with Gasteiger partial charge in [0, 0.05) is 17.6 Å². The Balaban J connectivity index is 1.36. The lowest BCUT2D eigenvalue weighted by Crippen LogP contribution is -2.26. The van der Waals surface area contributed by atoms with Crippen molar-refractivity contribution >= 4 is 37.6 Å². The van der Waals surface area contributed by atoms with Gasteiger partial charge in [-0.15, -0.1) is 0 Å². The van der Waals surface area contributed by atoms with Crippen molar-refractivity contribution in [3.63, 3.8) is 0 Å². The van der Waals surface area contributed by atoms with E-state index in [9.17, 15) is 5.11 Å². The van der Waals surface area contributed by atoms with E-state index in [2.05, 4.69) is 27.4 Å². The number of hydrogen-bond acceptors (Lipinski definition) is 6. The first kappa shape index (κ1) is 19.5. The van der Waals surface area contributed by atoms with E-state index >= 15 is 0 Å². The van der Waals surface area contributed by atoms with Gasteiger partial charge in [-0.25, -0.2) is 4.98 Å². The Labute approximate surface area is 184 Å². The zero-order valence-electron chi connectivity index (χ0n) is 16.7. The van der Waals surface area contributed by atoms with E-state index in [1.165, 1.54) is 5.56 Å². The number of thiazole rings is 1. The predicted octanol–water partition coefficient (Wildman–Crippen LogP) is 5.65. The number of ether oxygens (including phenoxy) is 1. The van der Waals surface area contributed by atoms with E-state index < -0.39 is 0 Å². The number of anilines is 1. The number of rotatable bonds is 7. The largest absolute Gasteiger partial charge is 0.457 e. The molecule has 2 heterocycles. The normalized spacial score (nSPS) is 12.2. The molecular weight excluding hydrogens is 406 g/mol. The summed E-state index contributed by atoms with van der Waals surface area (Å²) in [5.41, 5.74) is 2.98. The number of aliphatic hydroxyl groups excluding tert-OH is 1. The molecule has 0 unspecified atom stereocenters. The molecule has 31 heavy (non-hydrogen) atoms. The Morgan fingerprint density at radius 3 is 2.65 bits per heavy atom. The predicted molar refractivity (Wildman–Crippen MR) is 126 cm³/mol. The number of pyridine rings is 1. The highest BCUT2D eigenvalue weighted by Crippen LogP contribution is 2.33. The van der Waals surface area contributed by atoms with Crippen LogP contribution in [0.5, 0.6) is 11.5 Å². The Morgan fingerprint density at radius 2 is 1.77 bits per heavy atom. The van der Waals surface area contributed by atoms with Gasteiger partial charge >= 0.3 is 0 Å². The summed E-state index contributed by atoms with van der Waals surface area (Å²) in [5, 5.41) is 14.9. The molecule has 0 spiro atoms. The summed E-state index contributed by atoms with van der Waals surface area (Å²) in [4.78, 5) is 9.06. The molecule has 0 amide bonds. The zero-order chi connectivity index (χ0) is 21.0. The lowest BCUT2D eigenvalue weighted by molar-refractivity contribution is 0.273. The van der Waals surface area contributed by atoms with Crippen LogP contribution in [-0.2, 0) is 6.42 Å². The highest BCUT2D eigenvalue weighted by Gasteiger charge is 2.13. The summed E-state index contributed by atoms with van der Waals surface area (Å²) < 4.78 is 7.19. The van der Waals surface area contributed by atoms with Gasteiger partial charge in [0.05, 0.1) is 28.4 Å². The molecule has 0 aliphatic carbocycles. The number of aliphatic hydroxyl groups is 1. The van der Waals surface area contributed by atoms with Crippen molar-refractivity contribution in [3.8, 4) is 11.5 Å². The average Bonchev–Trinajstić information content (AvgIpc) is 3.21. The van der Waals surface area contributed by atoms with Crippen molar-refractivity contribution in [2.75, 3.05) is 11.9 Å². The van der Waals surface area contributed by atoms with Crippen LogP contribution in [0.1, 0.15) is 5.56 Å². The molecule has 5 nitrogen and oxygen atoms in total. The minimum Gasteiger partial charge on any atom is -0.457 e. The number of nitrogens with zero attached hydrogens (tertiary/aromatic N) is 2. The van der Waals surface area contributed by atoms with Crippen LogP contribution in [0, 0.1) is 0 Å². The van der Waals surface area contributed by atoms with E-state index in [1.807, 2.05) is 66.7 Å². The van der Waals surface area contributed by atoms with E-state index in [4.69, 9.17) is 4.74 Å². The van der Waals surface area contributed by atoms with Crippen molar-refractivity contribution in [1.29, 1.82) is 0 Å². The van der Waals surface area contributed by atoms with E-state index in [-0.39, 0.29) is 12.6 Å². The number of nitrogens with one attached hydrogen (secondary N) is 1. The van der Waals surface area contributed by atoms with Crippen molar-refractivity contribution < 1.29 is 9.84 Å². The van der Waals surface area contributed by atoms with Crippen LogP contribution >= 0.6 is 11.3 Å². The summed E-state index contributed by atoms with van der Waals surface area (Å²) >= 11 is 1.55. The fourth-order valence-corrected chi connectivity index (χ4v) is 4.52. The average molecular weight is 428 g/mol. The zero-order valence-corrected chi connectivity index (χ0v) is 17.5. The Kier molecular flexibility index (Phi) is 5.48. The van der Waals surface area contributed by atoms with E-state index in [0.29, 0.717) is 0 Å². The highest BCUT2D eigenvalue weighted by molar-refractivity contribution is 7.22. The Morgan fingerprint density at radius 1 is 0.935 bits per heavy atom. The third-order valence-corrected chi connectivity index (χ3v) is 6.02. The van der Waals surface area contributed by atoms with Crippen molar-refractivity contribution in [2.24, 2.45) is 0 Å². The molecule has 2 aromatic heterocycles. The Bertz CT molecular complexity index is 1320. The summed E-state index contributed by atoms with van der Waals surface area (Å²) in [6.45, 7) is 0.0360. The molecule has 0 saturated heterocycles. The fourth-order valence-electron chi connectivity index (χ4n) is 3.55. The SMILES string of the molecule is OC[C@H](Cc1ccccc1)Nc1nc2ccc(Oc3ccnc4ccccc34)cc2s1. The molecule has 0 fully saturated rings. The van der Waals surface area contributed by atoms with Crippen LogP contribution in [-0.4, -0.2) is 27.7 Å². The van der Waals surface area contributed by atoms with E-state index in [1.54, 1.807) is 17.5 Å². The van der Waals surface area contributed by atoms with Gasteiger partial charge < -0.3 is 15.2 Å². The maximum Gasteiger partial charge on any atom is 0.184 e. The van der Waals surface area contributed by atoms with Gasteiger partial charge in [-0.05, 0) is 42.3 Å². The molecule has 154 valence electrons. The molecule has 0 aliphatic heterocycles. The monoisotopic (exact) mass is 427 g/mol. The maximum absolute atomic E-state index is 9.81. The summed E-state index contributed by atoms with van der Waals surface area (Å²) in [5.74, 6) is 1.53. The molecule has 5 aromatic rings. The minimum absolute atomic E-state index is 0.0360. The summed E-state index contributed by atoms with van der Waals surface area (Å²) in [7, 11) is 0. The van der Waals surface area contributed by atoms with Crippen LogP contribution in [0.3, 0.4) is 0 Å². The third kappa shape index (κ3) is 4.35. The van der Waals surface area contributed by atoms with Gasteiger partial charge in [-0.1, -0.05) is 53.8 Å². The van der Waals surface area contributed by atoms with E-state index in [0.717, 1.165) is 44.2 Å². The molecule has 1 atom stereocenters. The third-order valence-electron chi connectivity index (χ3n) is 5.07. The van der Waals surface area contributed by atoms with Crippen molar-refractivity contribution in [3.05, 3.63) is 90.6 Å². The van der Waals surface area contributed by atoms with Gasteiger partial charge in [-0.2, -0.15) is 0 Å². The second-order valence-electron chi connectivity index (χ2n) is 7.29. The first-order chi connectivity index (χ1) is 15.3. The first-order valence-corrected chi connectivity index (χ1v) is 10.9. The molecule has 3 aromatic carbocycles. The molecule has 2 N–H and O–H groups in total. The topological polar surface area (TPSA) is 67.3 Å². The highest BCUT2D eigenvalue weighted by atomic mass is 32.1. The second-order valence-corrected chi connectivity index (χ2v) is 8.32. The standard InChI is InChI=1S/C25H21N3O2S/c29-16-18(14-17-6-2-1-3-7-17)27-25-28-22-11-10-19(15-24(22)31-25)30-23-12-13-26-21-9-5-4-8-20(21)23/h1-13,15,18,29H,14,16H2,(H,27,28)/t18-/m0/s1. The molecule has 0 saturated carbocycles. The van der Waals surface area contributed by atoms with Crippen molar-refractivity contribution in [2.45, 2.75) is 12.5 Å². The number of para-hydroxylation sites is 1. The van der Waals surface area contributed by atoms with Gasteiger partial charge in [-0.3, -0.25) is 4.98 Å². The number of aromatic nitrogens is 2.